The monoisotopic (exact) mass is 512 g/mol. The number of fused-ring (bicyclic) bond motifs is 1. The Kier molecular flexibility index (Phi) is 7.22. The van der Waals surface area contributed by atoms with E-state index >= 15 is 0 Å². The molecule has 0 saturated carbocycles. The van der Waals surface area contributed by atoms with Crippen LogP contribution in [0.25, 0.3) is 11.1 Å². The molecule has 1 aliphatic rings. The van der Waals surface area contributed by atoms with Crippen molar-refractivity contribution in [2.45, 2.75) is 37.6 Å². The van der Waals surface area contributed by atoms with Gasteiger partial charge in [0, 0.05) is 30.9 Å². The summed E-state index contributed by atoms with van der Waals surface area (Å²) in [4.78, 5) is 13.4. The molecule has 0 aromatic heterocycles. The summed E-state index contributed by atoms with van der Waals surface area (Å²) < 4.78 is 29.2. The number of anilines is 2. The van der Waals surface area contributed by atoms with Crippen molar-refractivity contribution in [1.29, 1.82) is 0 Å². The number of likely N-dealkylation sites (N-methyl/N-ethyl adjacent to an activating group) is 1. The van der Waals surface area contributed by atoms with Crippen LogP contribution in [0.1, 0.15) is 25.8 Å². The van der Waals surface area contributed by atoms with Crippen molar-refractivity contribution >= 4 is 39.0 Å². The lowest BCUT2D eigenvalue weighted by Gasteiger charge is -2.30. The van der Waals surface area contributed by atoms with E-state index in [4.69, 9.17) is 11.6 Å². The molecular formula is C27H29ClN2O4S. The van der Waals surface area contributed by atoms with Gasteiger partial charge in [0.15, 0.2) is 0 Å². The SMILES string of the molecule is CC(C)C[C@@H]1CN(c2ccccc2)c2cc(Cl)c(-c3cccc(CC(=O)O)c3)cc2S(=O)(=O)N1C. The average molecular weight is 513 g/mol. The van der Waals surface area contributed by atoms with E-state index in [0.29, 0.717) is 46.3 Å². The highest BCUT2D eigenvalue weighted by molar-refractivity contribution is 7.89. The maximum atomic E-state index is 13.9. The molecule has 3 aromatic rings. The van der Waals surface area contributed by atoms with Gasteiger partial charge in [0.05, 0.1) is 17.1 Å². The van der Waals surface area contributed by atoms with E-state index in [9.17, 15) is 18.3 Å². The van der Waals surface area contributed by atoms with Crippen LogP contribution in [0, 0.1) is 5.92 Å². The van der Waals surface area contributed by atoms with Crippen LogP contribution in [0.15, 0.2) is 71.6 Å². The van der Waals surface area contributed by atoms with Crippen molar-refractivity contribution in [3.05, 3.63) is 77.3 Å². The van der Waals surface area contributed by atoms with Crippen LogP contribution < -0.4 is 4.90 Å². The molecule has 1 aliphatic heterocycles. The van der Waals surface area contributed by atoms with Gasteiger partial charge in [0.1, 0.15) is 4.90 Å². The first-order chi connectivity index (χ1) is 16.6. The van der Waals surface area contributed by atoms with Gasteiger partial charge in [0.25, 0.3) is 0 Å². The lowest BCUT2D eigenvalue weighted by Crippen LogP contribution is -2.41. The van der Waals surface area contributed by atoms with E-state index < -0.39 is 16.0 Å². The number of hydrogen-bond donors (Lipinski definition) is 1. The predicted octanol–water partition coefficient (Wildman–Crippen LogP) is 5.82. The van der Waals surface area contributed by atoms with Gasteiger partial charge in [-0.2, -0.15) is 4.31 Å². The lowest BCUT2D eigenvalue weighted by molar-refractivity contribution is -0.136. The minimum Gasteiger partial charge on any atom is -0.481 e. The topological polar surface area (TPSA) is 77.9 Å². The molecule has 1 N–H and O–H groups in total. The molecule has 0 bridgehead atoms. The van der Waals surface area contributed by atoms with Crippen LogP contribution in [0.5, 0.6) is 0 Å². The van der Waals surface area contributed by atoms with Crippen molar-refractivity contribution in [3.8, 4) is 11.1 Å². The van der Waals surface area contributed by atoms with Gasteiger partial charge >= 0.3 is 5.97 Å². The molecule has 8 heteroatoms. The second-order valence-electron chi connectivity index (χ2n) is 9.32. The van der Waals surface area contributed by atoms with Crippen molar-refractivity contribution in [1.82, 2.24) is 4.31 Å². The number of carboxylic acids is 1. The fraction of sp³-hybridized carbons (Fsp3) is 0.296. The number of hydrogen-bond acceptors (Lipinski definition) is 4. The number of benzene rings is 3. The molecular weight excluding hydrogens is 484 g/mol. The summed E-state index contributed by atoms with van der Waals surface area (Å²) >= 11 is 6.76. The Labute approximate surface area is 211 Å². The highest BCUT2D eigenvalue weighted by atomic mass is 35.5. The average Bonchev–Trinajstić information content (AvgIpc) is 2.87. The summed E-state index contributed by atoms with van der Waals surface area (Å²) in [5, 5.41) is 9.58. The molecule has 0 amide bonds. The van der Waals surface area contributed by atoms with E-state index in [-0.39, 0.29) is 17.4 Å². The Morgan fingerprint density at radius 1 is 1.09 bits per heavy atom. The Morgan fingerprint density at radius 2 is 1.80 bits per heavy atom. The van der Waals surface area contributed by atoms with E-state index in [2.05, 4.69) is 13.8 Å². The quantitative estimate of drug-likeness (QED) is 0.450. The van der Waals surface area contributed by atoms with Gasteiger partial charge in [0.2, 0.25) is 10.0 Å². The maximum Gasteiger partial charge on any atom is 0.307 e. The first-order valence-electron chi connectivity index (χ1n) is 11.5. The standard InChI is InChI=1S/C27H29ClN2O4S/c1-18(2)12-22-17-30(21-10-5-4-6-11-21)25-16-24(28)23(15-26(25)35(33,34)29(22)3)20-9-7-8-19(13-20)14-27(31)32/h4-11,13,15-16,18,22H,12,14,17H2,1-3H3,(H,31,32)/t22-/m1/s1. The second-order valence-corrected chi connectivity index (χ2v) is 11.7. The number of carbonyl (C=O) groups is 1. The van der Waals surface area contributed by atoms with Crippen LogP contribution in [-0.4, -0.2) is 43.4 Å². The van der Waals surface area contributed by atoms with Crippen molar-refractivity contribution in [2.24, 2.45) is 5.92 Å². The number of sulfonamides is 1. The molecule has 1 heterocycles. The van der Waals surface area contributed by atoms with Crippen molar-refractivity contribution in [3.63, 3.8) is 0 Å². The third-order valence-electron chi connectivity index (χ3n) is 6.31. The number of halogens is 1. The van der Waals surface area contributed by atoms with Crippen LogP contribution >= 0.6 is 11.6 Å². The maximum absolute atomic E-state index is 13.9. The van der Waals surface area contributed by atoms with Gasteiger partial charge in [-0.05, 0) is 47.7 Å². The van der Waals surface area contributed by atoms with E-state index in [0.717, 1.165) is 5.69 Å². The van der Waals surface area contributed by atoms with E-state index in [1.165, 1.54) is 4.31 Å². The Balaban J connectivity index is 1.92. The van der Waals surface area contributed by atoms with E-state index in [1.807, 2.05) is 41.3 Å². The lowest BCUT2D eigenvalue weighted by atomic mass is 10.0. The second kappa shape index (κ2) is 10.0. The normalized spacial score (nSPS) is 17.7. The van der Waals surface area contributed by atoms with Gasteiger partial charge < -0.3 is 10.0 Å². The minimum absolute atomic E-state index is 0.129. The zero-order valence-corrected chi connectivity index (χ0v) is 21.6. The van der Waals surface area contributed by atoms with Crippen LogP contribution in [0.4, 0.5) is 11.4 Å². The predicted molar refractivity (Wildman–Crippen MR) is 140 cm³/mol. The fourth-order valence-electron chi connectivity index (χ4n) is 4.60. The summed E-state index contributed by atoms with van der Waals surface area (Å²) in [6.45, 7) is 4.67. The van der Waals surface area contributed by atoms with Gasteiger partial charge in [-0.3, -0.25) is 4.79 Å². The Bertz CT molecular complexity index is 1340. The summed E-state index contributed by atoms with van der Waals surface area (Å²) in [5.74, 6) is -0.623. The Morgan fingerprint density at radius 3 is 2.46 bits per heavy atom. The number of aliphatic carboxylic acids is 1. The van der Waals surface area contributed by atoms with Crippen molar-refractivity contribution in [2.75, 3.05) is 18.5 Å². The molecule has 35 heavy (non-hydrogen) atoms. The highest BCUT2D eigenvalue weighted by Crippen LogP contribution is 2.43. The molecule has 184 valence electrons. The van der Waals surface area contributed by atoms with Gasteiger partial charge in [-0.1, -0.05) is 67.9 Å². The minimum atomic E-state index is -3.83. The smallest absolute Gasteiger partial charge is 0.307 e. The fourth-order valence-corrected chi connectivity index (χ4v) is 6.42. The highest BCUT2D eigenvalue weighted by Gasteiger charge is 2.37. The molecule has 4 rings (SSSR count). The molecule has 0 unspecified atom stereocenters. The van der Waals surface area contributed by atoms with Gasteiger partial charge in [-0.15, -0.1) is 0 Å². The number of carboxylic acid groups (broad SMARTS) is 1. The molecule has 6 nitrogen and oxygen atoms in total. The van der Waals surface area contributed by atoms with E-state index in [1.54, 1.807) is 37.4 Å². The molecule has 0 aliphatic carbocycles. The first-order valence-corrected chi connectivity index (χ1v) is 13.3. The van der Waals surface area contributed by atoms with Crippen LogP contribution in [-0.2, 0) is 21.2 Å². The van der Waals surface area contributed by atoms with Gasteiger partial charge in [-0.25, -0.2) is 8.42 Å². The zero-order valence-electron chi connectivity index (χ0n) is 20.0. The molecule has 0 fully saturated rings. The third-order valence-corrected chi connectivity index (χ3v) is 8.56. The molecule has 0 radical (unpaired) electrons. The molecule has 1 atom stereocenters. The summed E-state index contributed by atoms with van der Waals surface area (Å²) in [6, 6.07) is 19.9. The summed E-state index contributed by atoms with van der Waals surface area (Å²) in [5.41, 5.74) is 3.25. The number of para-hydroxylation sites is 1. The summed E-state index contributed by atoms with van der Waals surface area (Å²) in [7, 11) is -2.19. The molecule has 3 aromatic carbocycles. The molecule has 0 spiro atoms. The summed E-state index contributed by atoms with van der Waals surface area (Å²) in [6.07, 6.45) is 0.584. The van der Waals surface area contributed by atoms with Crippen LogP contribution in [0.3, 0.4) is 0 Å². The first kappa shape index (κ1) is 25.2. The third kappa shape index (κ3) is 5.22. The largest absolute Gasteiger partial charge is 0.481 e. The molecule has 0 saturated heterocycles. The van der Waals surface area contributed by atoms with Crippen LogP contribution in [0.2, 0.25) is 5.02 Å². The zero-order chi connectivity index (χ0) is 25.3. The number of nitrogens with zero attached hydrogens (tertiary/aromatic N) is 2. The Hall–Kier alpha value is -2.87. The van der Waals surface area contributed by atoms with Crippen molar-refractivity contribution < 1.29 is 18.3 Å². The number of rotatable bonds is 6.